The smallest absolute Gasteiger partial charge is 0.240 e. The molecule has 1 atom stereocenters. The van der Waals surface area contributed by atoms with E-state index in [2.05, 4.69) is 4.98 Å². The fraction of sp³-hybridized carbons (Fsp3) is 0.0909. The lowest BCUT2D eigenvalue weighted by Gasteiger charge is -2.15. The van der Waals surface area contributed by atoms with Crippen molar-refractivity contribution in [3.63, 3.8) is 0 Å². The van der Waals surface area contributed by atoms with Gasteiger partial charge in [-0.2, -0.15) is 0 Å². The second-order valence-electron chi connectivity index (χ2n) is 5.98. The van der Waals surface area contributed by atoms with Crippen LogP contribution < -0.4 is 4.74 Å². The average Bonchev–Trinajstić information content (AvgIpc) is 2.73. The molecule has 128 valence electrons. The van der Waals surface area contributed by atoms with Crippen LogP contribution in [0.2, 0.25) is 0 Å². The van der Waals surface area contributed by atoms with Crippen molar-refractivity contribution in [1.82, 2.24) is 9.97 Å². The van der Waals surface area contributed by atoms with Gasteiger partial charge in [0.15, 0.2) is 0 Å². The number of hydrogen-bond donors (Lipinski definition) is 1. The molecule has 0 saturated carbocycles. The molecular formula is C22H18N2O2. The van der Waals surface area contributed by atoms with Gasteiger partial charge in [0, 0.05) is 11.1 Å². The van der Waals surface area contributed by atoms with Gasteiger partial charge < -0.3 is 9.84 Å². The van der Waals surface area contributed by atoms with Crippen LogP contribution in [0.4, 0.5) is 0 Å². The summed E-state index contributed by atoms with van der Waals surface area (Å²) in [6.45, 7) is 0. The van der Waals surface area contributed by atoms with Gasteiger partial charge in [0.05, 0.1) is 18.1 Å². The van der Waals surface area contributed by atoms with E-state index in [1.807, 2.05) is 78.9 Å². The number of methoxy groups -OCH3 is 1. The van der Waals surface area contributed by atoms with Crippen LogP contribution in [-0.4, -0.2) is 22.2 Å². The van der Waals surface area contributed by atoms with Gasteiger partial charge in [-0.3, -0.25) is 0 Å². The highest BCUT2D eigenvalue weighted by Gasteiger charge is 2.18. The molecule has 1 heterocycles. The number of aliphatic hydroxyl groups excluding tert-OH is 1. The zero-order chi connectivity index (χ0) is 17.9. The topological polar surface area (TPSA) is 55.2 Å². The van der Waals surface area contributed by atoms with Crippen molar-refractivity contribution in [1.29, 1.82) is 0 Å². The Morgan fingerprint density at radius 3 is 2.19 bits per heavy atom. The Kier molecular flexibility index (Phi) is 4.33. The maximum absolute atomic E-state index is 10.8. The van der Waals surface area contributed by atoms with Crippen molar-refractivity contribution in [2.24, 2.45) is 0 Å². The SMILES string of the molecule is COc1nc2c(C(O)c3ccccc3)cccc2nc1-c1ccccc1. The summed E-state index contributed by atoms with van der Waals surface area (Å²) in [6, 6.07) is 25.0. The largest absolute Gasteiger partial charge is 0.479 e. The minimum atomic E-state index is -0.776. The van der Waals surface area contributed by atoms with Crippen LogP contribution in [0.1, 0.15) is 17.2 Å². The van der Waals surface area contributed by atoms with Gasteiger partial charge in [0.1, 0.15) is 11.8 Å². The molecule has 0 fully saturated rings. The molecule has 0 saturated heterocycles. The van der Waals surface area contributed by atoms with Gasteiger partial charge in [-0.1, -0.05) is 72.8 Å². The standard InChI is InChI=1S/C22H18N2O2/c1-26-22-19(15-9-4-2-5-10-15)23-18-14-8-13-17(20(18)24-22)21(25)16-11-6-3-7-12-16/h2-14,21,25H,1H3. The van der Waals surface area contributed by atoms with Crippen molar-refractivity contribution < 1.29 is 9.84 Å². The van der Waals surface area contributed by atoms with Crippen molar-refractivity contribution in [3.8, 4) is 17.1 Å². The number of aromatic nitrogens is 2. The molecule has 0 amide bonds. The molecule has 4 heteroatoms. The summed E-state index contributed by atoms with van der Waals surface area (Å²) < 4.78 is 5.49. The van der Waals surface area contributed by atoms with E-state index >= 15 is 0 Å². The summed E-state index contributed by atoms with van der Waals surface area (Å²) in [5, 5.41) is 10.8. The zero-order valence-corrected chi connectivity index (χ0v) is 14.3. The molecule has 1 N–H and O–H groups in total. The van der Waals surface area contributed by atoms with Crippen LogP contribution in [-0.2, 0) is 0 Å². The van der Waals surface area contributed by atoms with Crippen LogP contribution >= 0.6 is 0 Å². The average molecular weight is 342 g/mol. The minimum Gasteiger partial charge on any atom is -0.479 e. The maximum atomic E-state index is 10.8. The Morgan fingerprint density at radius 2 is 1.50 bits per heavy atom. The second kappa shape index (κ2) is 6.94. The van der Waals surface area contributed by atoms with Gasteiger partial charge in [-0.05, 0) is 11.6 Å². The lowest BCUT2D eigenvalue weighted by Crippen LogP contribution is -2.04. The van der Waals surface area contributed by atoms with Crippen molar-refractivity contribution in [2.45, 2.75) is 6.10 Å². The third kappa shape index (κ3) is 2.91. The molecular weight excluding hydrogens is 324 g/mol. The molecule has 4 aromatic rings. The summed E-state index contributed by atoms with van der Waals surface area (Å²) in [4.78, 5) is 9.43. The molecule has 4 nitrogen and oxygen atoms in total. The summed E-state index contributed by atoms with van der Waals surface area (Å²) in [7, 11) is 1.58. The van der Waals surface area contributed by atoms with Crippen LogP contribution in [0.25, 0.3) is 22.3 Å². The van der Waals surface area contributed by atoms with Crippen molar-refractivity contribution in [2.75, 3.05) is 7.11 Å². The first-order valence-electron chi connectivity index (χ1n) is 8.41. The predicted octanol–water partition coefficient (Wildman–Crippen LogP) is 4.39. The van der Waals surface area contributed by atoms with Crippen molar-refractivity contribution >= 4 is 11.0 Å². The van der Waals surface area contributed by atoms with E-state index < -0.39 is 6.10 Å². The number of benzene rings is 3. The highest BCUT2D eigenvalue weighted by molar-refractivity contribution is 5.83. The molecule has 0 aliphatic heterocycles. The van der Waals surface area contributed by atoms with Crippen LogP contribution in [0.15, 0.2) is 78.9 Å². The van der Waals surface area contributed by atoms with Gasteiger partial charge in [-0.15, -0.1) is 0 Å². The van der Waals surface area contributed by atoms with Gasteiger partial charge >= 0.3 is 0 Å². The molecule has 4 rings (SSSR count). The van der Waals surface area contributed by atoms with E-state index in [1.54, 1.807) is 7.11 Å². The highest BCUT2D eigenvalue weighted by atomic mass is 16.5. The maximum Gasteiger partial charge on any atom is 0.240 e. The molecule has 3 aromatic carbocycles. The lowest BCUT2D eigenvalue weighted by atomic mass is 10.00. The summed E-state index contributed by atoms with van der Waals surface area (Å²) in [6.07, 6.45) is -0.776. The Hall–Kier alpha value is -3.24. The third-order valence-electron chi connectivity index (χ3n) is 4.34. The molecule has 0 radical (unpaired) electrons. The second-order valence-corrected chi connectivity index (χ2v) is 5.98. The van der Waals surface area contributed by atoms with Gasteiger partial charge in [-0.25, -0.2) is 9.97 Å². The number of rotatable bonds is 4. The minimum absolute atomic E-state index is 0.441. The van der Waals surface area contributed by atoms with Gasteiger partial charge in [0.25, 0.3) is 0 Å². The molecule has 1 aromatic heterocycles. The molecule has 0 aliphatic carbocycles. The molecule has 0 aliphatic rings. The predicted molar refractivity (Wildman–Crippen MR) is 102 cm³/mol. The Labute approximate surface area is 151 Å². The van der Waals surface area contributed by atoms with E-state index in [0.29, 0.717) is 22.7 Å². The number of ether oxygens (including phenoxy) is 1. The Balaban J connectivity index is 1.90. The fourth-order valence-electron chi connectivity index (χ4n) is 3.05. The van der Waals surface area contributed by atoms with E-state index in [0.717, 1.165) is 16.6 Å². The fourth-order valence-corrected chi connectivity index (χ4v) is 3.05. The first kappa shape index (κ1) is 16.2. The number of hydrogen-bond acceptors (Lipinski definition) is 4. The number of nitrogens with zero attached hydrogens (tertiary/aromatic N) is 2. The van der Waals surface area contributed by atoms with E-state index in [1.165, 1.54) is 0 Å². The van der Waals surface area contributed by atoms with E-state index in [9.17, 15) is 5.11 Å². The number of fused-ring (bicyclic) bond motifs is 1. The summed E-state index contributed by atoms with van der Waals surface area (Å²) in [5.41, 5.74) is 4.50. The first-order valence-corrected chi connectivity index (χ1v) is 8.41. The normalized spacial score (nSPS) is 12.1. The monoisotopic (exact) mass is 342 g/mol. The van der Waals surface area contributed by atoms with Crippen LogP contribution in [0.5, 0.6) is 5.88 Å². The van der Waals surface area contributed by atoms with E-state index in [-0.39, 0.29) is 0 Å². The van der Waals surface area contributed by atoms with Gasteiger partial charge in [0.2, 0.25) is 5.88 Å². The molecule has 0 spiro atoms. The lowest BCUT2D eigenvalue weighted by molar-refractivity contribution is 0.221. The first-order chi connectivity index (χ1) is 12.8. The molecule has 0 bridgehead atoms. The molecule has 1 unspecified atom stereocenters. The number of para-hydroxylation sites is 1. The van der Waals surface area contributed by atoms with E-state index in [4.69, 9.17) is 9.72 Å². The van der Waals surface area contributed by atoms with Crippen molar-refractivity contribution in [3.05, 3.63) is 90.0 Å². The molecule has 26 heavy (non-hydrogen) atoms. The van der Waals surface area contributed by atoms with Crippen LogP contribution in [0, 0.1) is 0 Å². The summed E-state index contributed by atoms with van der Waals surface area (Å²) in [5.74, 6) is 0.441. The van der Waals surface area contributed by atoms with Crippen LogP contribution in [0.3, 0.4) is 0 Å². The third-order valence-corrected chi connectivity index (χ3v) is 4.34. The highest BCUT2D eigenvalue weighted by Crippen LogP contribution is 2.32. The number of aliphatic hydroxyl groups is 1. The summed E-state index contributed by atoms with van der Waals surface area (Å²) >= 11 is 0. The Bertz CT molecular complexity index is 1030. The quantitative estimate of drug-likeness (QED) is 0.598. The Morgan fingerprint density at radius 1 is 0.808 bits per heavy atom. The zero-order valence-electron chi connectivity index (χ0n) is 14.3.